The average Bonchev–Trinajstić information content (AvgIpc) is 2.97. The van der Waals surface area contributed by atoms with Gasteiger partial charge in [-0.05, 0) is 72.0 Å². The highest BCUT2D eigenvalue weighted by Gasteiger charge is 2.20. The lowest BCUT2D eigenvalue weighted by molar-refractivity contribution is -0.134. The Kier molecular flexibility index (Phi) is 13.2. The number of carbonyl (C=O) groups is 2. The van der Waals surface area contributed by atoms with Gasteiger partial charge in [-0.2, -0.15) is 0 Å². The second kappa shape index (κ2) is 16.9. The van der Waals surface area contributed by atoms with E-state index in [0.29, 0.717) is 23.7 Å². The Morgan fingerprint density at radius 2 is 1.12 bits per heavy atom. The zero-order chi connectivity index (χ0) is 28.7. The molecule has 0 radical (unpaired) electrons. The molecule has 0 saturated heterocycles. The Bertz CT molecular complexity index is 1170. The van der Waals surface area contributed by atoms with E-state index in [1.807, 2.05) is 50.2 Å². The molecule has 0 aliphatic rings. The van der Waals surface area contributed by atoms with Crippen molar-refractivity contribution in [3.8, 4) is 28.4 Å². The number of hydrogen-bond acceptors (Lipinski definition) is 5. The zero-order valence-electron chi connectivity index (χ0n) is 23.9. The molecule has 1 atom stereocenters. The van der Waals surface area contributed by atoms with Crippen LogP contribution in [0, 0.1) is 5.92 Å². The standard InChI is InChI=1S/C34H41BrO5/c1-4-5-6-7-8-9-10-11-24-38-29-18-16-28(17-19-29)33(36)39-30-20-12-26(13-21-30)27-14-22-31(23-15-27)40-34(37)32(35)25(2)3/h12-23,25,32H,4-11,24H2,1-3H3/t32-/m0/s1. The number of carbonyl (C=O) groups excluding carboxylic acids is 2. The Hall–Kier alpha value is -3.12. The third kappa shape index (κ3) is 10.5. The summed E-state index contributed by atoms with van der Waals surface area (Å²) in [5.74, 6) is 1.13. The number of ether oxygens (including phenoxy) is 3. The third-order valence-electron chi connectivity index (χ3n) is 6.64. The molecule has 0 amide bonds. The monoisotopic (exact) mass is 608 g/mol. The number of unbranched alkanes of at least 4 members (excludes halogenated alkanes) is 7. The summed E-state index contributed by atoms with van der Waals surface area (Å²) in [6.45, 7) is 6.84. The van der Waals surface area contributed by atoms with E-state index in [-0.39, 0.29) is 16.7 Å². The van der Waals surface area contributed by atoms with Crippen molar-refractivity contribution < 1.29 is 23.8 Å². The minimum absolute atomic E-state index is 0.141. The first-order chi connectivity index (χ1) is 19.4. The van der Waals surface area contributed by atoms with E-state index < -0.39 is 5.97 Å². The van der Waals surface area contributed by atoms with Crippen LogP contribution in [0.25, 0.3) is 11.1 Å². The second-order valence-electron chi connectivity index (χ2n) is 10.4. The van der Waals surface area contributed by atoms with Crippen molar-refractivity contribution in [3.05, 3.63) is 78.4 Å². The van der Waals surface area contributed by atoms with E-state index in [9.17, 15) is 9.59 Å². The average molecular weight is 610 g/mol. The van der Waals surface area contributed by atoms with Gasteiger partial charge in [0.25, 0.3) is 0 Å². The van der Waals surface area contributed by atoms with E-state index in [2.05, 4.69) is 22.9 Å². The molecule has 0 spiro atoms. The molecule has 5 nitrogen and oxygen atoms in total. The maximum atomic E-state index is 12.6. The summed E-state index contributed by atoms with van der Waals surface area (Å²) in [5, 5.41) is 0. The third-order valence-corrected chi connectivity index (χ3v) is 8.07. The lowest BCUT2D eigenvalue weighted by Gasteiger charge is -2.13. The number of halogens is 1. The quantitative estimate of drug-likeness (QED) is 0.0701. The van der Waals surface area contributed by atoms with Crippen molar-refractivity contribution in [2.45, 2.75) is 77.0 Å². The van der Waals surface area contributed by atoms with Gasteiger partial charge in [0.05, 0.1) is 12.2 Å². The molecule has 0 aliphatic heterocycles. The maximum absolute atomic E-state index is 12.6. The predicted octanol–water partition coefficient (Wildman–Crippen LogP) is 9.42. The van der Waals surface area contributed by atoms with E-state index >= 15 is 0 Å². The van der Waals surface area contributed by atoms with Crippen LogP contribution in [-0.2, 0) is 4.79 Å². The minimum atomic E-state index is -0.417. The number of rotatable bonds is 16. The van der Waals surface area contributed by atoms with E-state index in [1.54, 1.807) is 36.4 Å². The highest BCUT2D eigenvalue weighted by atomic mass is 79.9. The fourth-order valence-corrected chi connectivity index (χ4v) is 4.25. The van der Waals surface area contributed by atoms with Crippen LogP contribution in [0.2, 0.25) is 0 Å². The molecule has 3 aromatic rings. The highest BCUT2D eigenvalue weighted by Crippen LogP contribution is 2.26. The molecule has 0 bridgehead atoms. The first kappa shape index (κ1) is 31.4. The van der Waals surface area contributed by atoms with Crippen LogP contribution < -0.4 is 14.2 Å². The predicted molar refractivity (Wildman–Crippen MR) is 165 cm³/mol. The first-order valence-electron chi connectivity index (χ1n) is 14.4. The van der Waals surface area contributed by atoms with Gasteiger partial charge >= 0.3 is 11.9 Å². The number of benzene rings is 3. The molecule has 0 saturated carbocycles. The van der Waals surface area contributed by atoms with E-state index in [4.69, 9.17) is 14.2 Å². The van der Waals surface area contributed by atoms with Crippen LogP contribution >= 0.6 is 15.9 Å². The SMILES string of the molecule is CCCCCCCCCCOc1ccc(C(=O)Oc2ccc(-c3ccc(OC(=O)[C@@H](Br)C(C)C)cc3)cc2)cc1. The first-order valence-corrected chi connectivity index (χ1v) is 15.3. The lowest BCUT2D eigenvalue weighted by Crippen LogP contribution is -2.24. The maximum Gasteiger partial charge on any atom is 0.343 e. The molecule has 0 heterocycles. The van der Waals surface area contributed by atoms with Gasteiger partial charge in [-0.3, -0.25) is 4.79 Å². The van der Waals surface area contributed by atoms with Crippen molar-refractivity contribution in [3.63, 3.8) is 0 Å². The molecule has 214 valence electrons. The van der Waals surface area contributed by atoms with Gasteiger partial charge in [0.2, 0.25) is 0 Å². The van der Waals surface area contributed by atoms with Crippen molar-refractivity contribution in [2.75, 3.05) is 6.61 Å². The van der Waals surface area contributed by atoms with Gasteiger partial charge in [-0.25, -0.2) is 4.79 Å². The fraction of sp³-hybridized carbons (Fsp3) is 0.412. The largest absolute Gasteiger partial charge is 0.494 e. The smallest absolute Gasteiger partial charge is 0.343 e. The summed E-state index contributed by atoms with van der Waals surface area (Å²) in [7, 11) is 0. The molecule has 6 heteroatoms. The van der Waals surface area contributed by atoms with Gasteiger partial charge in [-0.1, -0.05) is 106 Å². The molecular formula is C34H41BrO5. The zero-order valence-corrected chi connectivity index (χ0v) is 25.5. The molecule has 40 heavy (non-hydrogen) atoms. The van der Waals surface area contributed by atoms with Crippen LogP contribution in [0.4, 0.5) is 0 Å². The van der Waals surface area contributed by atoms with E-state index in [1.165, 1.54) is 44.9 Å². The van der Waals surface area contributed by atoms with Crippen molar-refractivity contribution in [1.82, 2.24) is 0 Å². The highest BCUT2D eigenvalue weighted by molar-refractivity contribution is 9.10. The normalized spacial score (nSPS) is 11.7. The summed E-state index contributed by atoms with van der Waals surface area (Å²) < 4.78 is 16.8. The van der Waals surface area contributed by atoms with Crippen molar-refractivity contribution in [1.29, 1.82) is 0 Å². The second-order valence-corrected chi connectivity index (χ2v) is 11.3. The van der Waals surface area contributed by atoms with E-state index in [0.717, 1.165) is 23.3 Å². The summed E-state index contributed by atoms with van der Waals surface area (Å²) in [5.41, 5.74) is 2.38. The van der Waals surface area contributed by atoms with Gasteiger partial charge < -0.3 is 14.2 Å². The molecular weight excluding hydrogens is 568 g/mol. The molecule has 3 aromatic carbocycles. The molecule has 0 unspecified atom stereocenters. The van der Waals surface area contributed by atoms with Crippen molar-refractivity contribution >= 4 is 27.9 Å². The van der Waals surface area contributed by atoms with Crippen LogP contribution in [0.3, 0.4) is 0 Å². The molecule has 0 N–H and O–H groups in total. The lowest BCUT2D eigenvalue weighted by atomic mass is 10.1. The Morgan fingerprint density at radius 1 is 0.650 bits per heavy atom. The summed E-state index contributed by atoms with van der Waals surface area (Å²) >= 11 is 3.36. The molecule has 0 aromatic heterocycles. The Labute approximate surface area is 247 Å². The van der Waals surface area contributed by atoms with Gasteiger partial charge in [0.15, 0.2) is 0 Å². The van der Waals surface area contributed by atoms with Gasteiger partial charge in [0, 0.05) is 0 Å². The van der Waals surface area contributed by atoms with Crippen molar-refractivity contribution in [2.24, 2.45) is 5.92 Å². The van der Waals surface area contributed by atoms with Crippen LogP contribution in [-0.4, -0.2) is 23.4 Å². The van der Waals surface area contributed by atoms with Gasteiger partial charge in [0.1, 0.15) is 22.1 Å². The topological polar surface area (TPSA) is 61.8 Å². The van der Waals surface area contributed by atoms with Crippen LogP contribution in [0.5, 0.6) is 17.2 Å². The Morgan fingerprint density at radius 3 is 1.65 bits per heavy atom. The Balaban J connectivity index is 1.42. The minimum Gasteiger partial charge on any atom is -0.494 e. The summed E-state index contributed by atoms with van der Waals surface area (Å²) in [4.78, 5) is 24.4. The molecule has 3 rings (SSSR count). The number of esters is 2. The van der Waals surface area contributed by atoms with Crippen LogP contribution in [0.1, 0.15) is 82.5 Å². The summed E-state index contributed by atoms with van der Waals surface area (Å²) in [6, 6.07) is 21.7. The van der Waals surface area contributed by atoms with Gasteiger partial charge in [-0.15, -0.1) is 0 Å². The molecule has 0 aliphatic carbocycles. The van der Waals surface area contributed by atoms with Crippen LogP contribution in [0.15, 0.2) is 72.8 Å². The molecule has 0 fully saturated rings. The number of alkyl halides is 1. The fourth-order valence-electron chi connectivity index (χ4n) is 4.15. The number of hydrogen-bond donors (Lipinski definition) is 0. The summed E-state index contributed by atoms with van der Waals surface area (Å²) in [6.07, 6.45) is 10.1.